The first-order valence-corrected chi connectivity index (χ1v) is 7.98. The van der Waals surface area contributed by atoms with Crippen LogP contribution in [0.25, 0.3) is 11.0 Å². The van der Waals surface area contributed by atoms with Gasteiger partial charge in [0.25, 0.3) is 0 Å². The molecule has 26 heavy (non-hydrogen) atoms. The van der Waals surface area contributed by atoms with Crippen LogP contribution >= 0.6 is 0 Å². The molecule has 0 saturated carbocycles. The molecule has 1 aliphatic heterocycles. The van der Waals surface area contributed by atoms with Crippen molar-refractivity contribution in [2.24, 2.45) is 0 Å². The largest absolute Gasteiger partial charge is 0.504 e. The number of phenols is 1. The molecule has 1 aliphatic rings. The molecule has 0 fully saturated rings. The van der Waals surface area contributed by atoms with E-state index in [1.165, 1.54) is 19.2 Å². The number of phenolic OH excluding ortho intramolecular Hbond substituents is 1. The van der Waals surface area contributed by atoms with Gasteiger partial charge in [-0.1, -0.05) is 6.07 Å². The van der Waals surface area contributed by atoms with E-state index < -0.39 is 17.8 Å². The lowest BCUT2D eigenvalue weighted by Gasteiger charge is -2.33. The monoisotopic (exact) mass is 356 g/mol. The minimum atomic E-state index is -0.648. The van der Waals surface area contributed by atoms with Gasteiger partial charge in [0.2, 0.25) is 0 Å². The summed E-state index contributed by atoms with van der Waals surface area (Å²) < 4.78 is 22.2. The van der Waals surface area contributed by atoms with Crippen molar-refractivity contribution in [1.29, 1.82) is 0 Å². The number of benzene rings is 2. The Balaban J connectivity index is 1.78. The number of aromatic hydroxyl groups is 1. The Hall–Kier alpha value is -3.19. The fourth-order valence-corrected chi connectivity index (χ4v) is 2.98. The SMILES string of the molecule is COc1cc(C2Oc3cc4oc(=O)ccc4cc3OC2CO)ccc1O. The van der Waals surface area contributed by atoms with Crippen molar-refractivity contribution in [3.8, 4) is 23.0 Å². The Morgan fingerprint density at radius 3 is 2.65 bits per heavy atom. The summed E-state index contributed by atoms with van der Waals surface area (Å²) in [4.78, 5) is 11.4. The van der Waals surface area contributed by atoms with E-state index in [0.717, 1.165) is 0 Å². The van der Waals surface area contributed by atoms with E-state index in [9.17, 15) is 15.0 Å². The molecule has 0 spiro atoms. The number of methoxy groups -OCH3 is 1. The standard InChI is InChI=1S/C19H16O7/c1-23-14-7-11(2-4-12(14)21)19-17(9-20)24-15-6-10-3-5-18(22)25-13(10)8-16(15)26-19/h2-8,17,19-21H,9H2,1H3. The number of hydrogen-bond acceptors (Lipinski definition) is 7. The molecule has 7 nitrogen and oxygen atoms in total. The molecule has 1 aromatic heterocycles. The van der Waals surface area contributed by atoms with Crippen LogP contribution in [-0.2, 0) is 0 Å². The van der Waals surface area contributed by atoms with Crippen molar-refractivity contribution in [1.82, 2.24) is 0 Å². The first kappa shape index (κ1) is 16.3. The number of rotatable bonds is 3. The molecule has 2 aromatic carbocycles. The van der Waals surface area contributed by atoms with Crippen LogP contribution in [0.2, 0.25) is 0 Å². The number of ether oxygens (including phenoxy) is 3. The van der Waals surface area contributed by atoms with Gasteiger partial charge >= 0.3 is 5.63 Å². The van der Waals surface area contributed by atoms with E-state index in [1.54, 1.807) is 30.3 Å². The molecule has 2 atom stereocenters. The zero-order chi connectivity index (χ0) is 18.3. The molecular formula is C19H16O7. The lowest BCUT2D eigenvalue weighted by atomic mass is 10.0. The van der Waals surface area contributed by atoms with Gasteiger partial charge in [0, 0.05) is 23.1 Å². The van der Waals surface area contributed by atoms with Gasteiger partial charge in [0.05, 0.1) is 13.7 Å². The third-order valence-electron chi connectivity index (χ3n) is 4.27. The fourth-order valence-electron chi connectivity index (χ4n) is 2.98. The van der Waals surface area contributed by atoms with Crippen LogP contribution in [0.3, 0.4) is 0 Å². The van der Waals surface area contributed by atoms with E-state index >= 15 is 0 Å². The summed E-state index contributed by atoms with van der Waals surface area (Å²) in [6, 6.07) is 11.0. The van der Waals surface area contributed by atoms with Gasteiger partial charge in [-0.05, 0) is 24.3 Å². The molecule has 0 bridgehead atoms. The Bertz CT molecular complexity index is 1020. The topological polar surface area (TPSA) is 98.4 Å². The highest BCUT2D eigenvalue weighted by Crippen LogP contribution is 2.42. The van der Waals surface area contributed by atoms with Crippen LogP contribution in [-0.4, -0.2) is 30.0 Å². The molecule has 4 rings (SSSR count). The summed E-state index contributed by atoms with van der Waals surface area (Å²) >= 11 is 0. The first-order valence-electron chi connectivity index (χ1n) is 7.98. The van der Waals surface area contributed by atoms with E-state index in [-0.39, 0.29) is 18.1 Å². The zero-order valence-electron chi connectivity index (χ0n) is 13.8. The molecule has 0 radical (unpaired) electrons. The van der Waals surface area contributed by atoms with Crippen LogP contribution < -0.4 is 19.8 Å². The van der Waals surface area contributed by atoms with Crippen molar-refractivity contribution in [2.45, 2.75) is 12.2 Å². The fraction of sp³-hybridized carbons (Fsp3) is 0.211. The highest BCUT2D eigenvalue weighted by molar-refractivity contribution is 5.80. The van der Waals surface area contributed by atoms with Crippen LogP contribution in [0.15, 0.2) is 51.7 Å². The highest BCUT2D eigenvalue weighted by Gasteiger charge is 2.33. The molecule has 2 N–H and O–H groups in total. The lowest BCUT2D eigenvalue weighted by molar-refractivity contribution is -0.0122. The van der Waals surface area contributed by atoms with Gasteiger partial charge in [-0.25, -0.2) is 4.79 Å². The Morgan fingerprint density at radius 2 is 1.88 bits per heavy atom. The molecule has 0 aliphatic carbocycles. The number of fused-ring (bicyclic) bond motifs is 2. The number of aliphatic hydroxyl groups is 1. The average molecular weight is 356 g/mol. The molecule has 0 saturated heterocycles. The normalized spacial score (nSPS) is 18.7. The van der Waals surface area contributed by atoms with Crippen LogP contribution in [0.5, 0.6) is 23.0 Å². The Labute approximate surface area is 148 Å². The molecule has 2 unspecified atom stereocenters. The molecule has 0 amide bonds. The van der Waals surface area contributed by atoms with Crippen molar-refractivity contribution < 1.29 is 28.8 Å². The second-order valence-electron chi connectivity index (χ2n) is 5.90. The van der Waals surface area contributed by atoms with Gasteiger partial charge in [0.15, 0.2) is 35.2 Å². The maximum atomic E-state index is 11.4. The van der Waals surface area contributed by atoms with Crippen molar-refractivity contribution in [3.05, 3.63) is 58.4 Å². The average Bonchev–Trinajstić information content (AvgIpc) is 2.65. The van der Waals surface area contributed by atoms with Crippen molar-refractivity contribution >= 4 is 11.0 Å². The minimum absolute atomic E-state index is 0.00157. The van der Waals surface area contributed by atoms with E-state index in [4.69, 9.17) is 18.6 Å². The smallest absolute Gasteiger partial charge is 0.336 e. The maximum absolute atomic E-state index is 11.4. The first-order chi connectivity index (χ1) is 12.6. The van der Waals surface area contributed by atoms with E-state index in [0.29, 0.717) is 28.0 Å². The van der Waals surface area contributed by atoms with Gasteiger partial charge in [0.1, 0.15) is 5.58 Å². The molecule has 3 aromatic rings. The molecular weight excluding hydrogens is 340 g/mol. The summed E-state index contributed by atoms with van der Waals surface area (Å²) in [5.41, 5.74) is 0.588. The number of aliphatic hydroxyl groups excluding tert-OH is 1. The minimum Gasteiger partial charge on any atom is -0.504 e. The lowest BCUT2D eigenvalue weighted by Crippen LogP contribution is -2.36. The summed E-state index contributed by atoms with van der Waals surface area (Å²) in [5.74, 6) is 1.14. The van der Waals surface area contributed by atoms with Crippen LogP contribution in [0, 0.1) is 0 Å². The highest BCUT2D eigenvalue weighted by atomic mass is 16.6. The van der Waals surface area contributed by atoms with Crippen molar-refractivity contribution in [2.75, 3.05) is 13.7 Å². The van der Waals surface area contributed by atoms with E-state index in [1.807, 2.05) is 0 Å². The third kappa shape index (κ3) is 2.72. The Kier molecular flexibility index (Phi) is 3.93. The third-order valence-corrected chi connectivity index (χ3v) is 4.27. The van der Waals surface area contributed by atoms with Gasteiger partial charge in [-0.15, -0.1) is 0 Å². The van der Waals surface area contributed by atoms with Crippen molar-refractivity contribution in [3.63, 3.8) is 0 Å². The number of hydrogen-bond donors (Lipinski definition) is 2. The maximum Gasteiger partial charge on any atom is 0.336 e. The van der Waals surface area contributed by atoms with E-state index in [2.05, 4.69) is 0 Å². The van der Waals surface area contributed by atoms with Gasteiger partial charge < -0.3 is 28.8 Å². The Morgan fingerprint density at radius 1 is 1.08 bits per heavy atom. The van der Waals surface area contributed by atoms with Gasteiger partial charge in [-0.2, -0.15) is 0 Å². The zero-order valence-corrected chi connectivity index (χ0v) is 13.8. The second-order valence-corrected chi connectivity index (χ2v) is 5.90. The van der Waals surface area contributed by atoms with Crippen LogP contribution in [0.1, 0.15) is 11.7 Å². The summed E-state index contributed by atoms with van der Waals surface area (Å²) in [6.07, 6.45) is -1.28. The predicted octanol–water partition coefficient (Wildman–Crippen LogP) is 2.38. The van der Waals surface area contributed by atoms with Crippen LogP contribution in [0.4, 0.5) is 0 Å². The second kappa shape index (κ2) is 6.27. The van der Waals surface area contributed by atoms with Gasteiger partial charge in [-0.3, -0.25) is 0 Å². The molecule has 134 valence electrons. The predicted molar refractivity (Wildman–Crippen MR) is 92.0 cm³/mol. The summed E-state index contributed by atoms with van der Waals surface area (Å²) in [6.45, 7) is -0.269. The quantitative estimate of drug-likeness (QED) is 0.695. The summed E-state index contributed by atoms with van der Waals surface area (Å²) in [5, 5.41) is 20.2. The summed E-state index contributed by atoms with van der Waals surface area (Å²) in [7, 11) is 1.45. The molecule has 2 heterocycles. The molecule has 7 heteroatoms.